The Kier molecular flexibility index (Phi) is 8.24. The van der Waals surface area contributed by atoms with E-state index in [4.69, 9.17) is 9.47 Å². The number of hydrogen-bond donors (Lipinski definition) is 1. The van der Waals surface area contributed by atoms with Crippen molar-refractivity contribution in [3.05, 3.63) is 77.9 Å². The fourth-order valence-corrected chi connectivity index (χ4v) is 5.29. The molecule has 0 atom stereocenters. The van der Waals surface area contributed by atoms with Crippen molar-refractivity contribution in [2.45, 2.75) is 18.0 Å². The SMILES string of the molecule is COc1ccc(NS(=O)(=O)c2ccc(OCC(=O)N3CCN(c4cccc(C(F)(F)F)c4)CC3)c(C)c2)cc1. The van der Waals surface area contributed by atoms with Crippen LogP contribution in [0.4, 0.5) is 24.5 Å². The highest BCUT2D eigenvalue weighted by atomic mass is 32.2. The predicted molar refractivity (Wildman–Crippen MR) is 141 cm³/mol. The number of ether oxygens (including phenoxy) is 2. The van der Waals surface area contributed by atoms with E-state index >= 15 is 0 Å². The van der Waals surface area contributed by atoms with Crippen LogP contribution in [0.15, 0.2) is 71.6 Å². The molecule has 0 aliphatic carbocycles. The molecule has 1 saturated heterocycles. The summed E-state index contributed by atoms with van der Waals surface area (Å²) in [5.74, 6) is 0.702. The Labute approximate surface area is 225 Å². The van der Waals surface area contributed by atoms with E-state index in [-0.39, 0.29) is 17.4 Å². The average molecular weight is 564 g/mol. The maximum atomic E-state index is 13.0. The van der Waals surface area contributed by atoms with Gasteiger partial charge in [0.05, 0.1) is 17.6 Å². The highest BCUT2D eigenvalue weighted by Gasteiger charge is 2.31. The summed E-state index contributed by atoms with van der Waals surface area (Å²) >= 11 is 0. The standard InChI is InChI=1S/C27H28F3N3O5S/c1-19-16-24(39(35,36)31-21-6-8-23(37-2)9-7-21)10-11-25(19)38-18-26(34)33-14-12-32(13-15-33)22-5-3-4-20(17-22)27(28,29)30/h3-11,16-17,31H,12-15,18H2,1-2H3. The fraction of sp³-hybridized carbons (Fsp3) is 0.296. The molecule has 4 rings (SSSR count). The Morgan fingerprint density at radius 3 is 2.28 bits per heavy atom. The topological polar surface area (TPSA) is 88.2 Å². The molecule has 0 radical (unpaired) electrons. The van der Waals surface area contributed by atoms with Crippen LogP contribution in [0.25, 0.3) is 0 Å². The van der Waals surface area contributed by atoms with Gasteiger partial charge in [-0.25, -0.2) is 8.42 Å². The van der Waals surface area contributed by atoms with Crippen molar-refractivity contribution >= 4 is 27.3 Å². The normalized spacial score (nSPS) is 14.2. The van der Waals surface area contributed by atoms with Gasteiger partial charge in [-0.1, -0.05) is 6.07 Å². The summed E-state index contributed by atoms with van der Waals surface area (Å²) in [7, 11) is -2.33. The molecule has 0 spiro atoms. The van der Waals surface area contributed by atoms with Crippen molar-refractivity contribution in [1.29, 1.82) is 0 Å². The molecule has 39 heavy (non-hydrogen) atoms. The van der Waals surface area contributed by atoms with Crippen molar-refractivity contribution < 1.29 is 35.9 Å². The molecule has 1 heterocycles. The number of nitrogens with zero attached hydrogens (tertiary/aromatic N) is 2. The van der Waals surface area contributed by atoms with Gasteiger partial charge in [0, 0.05) is 37.6 Å². The predicted octanol–water partition coefficient (Wildman–Crippen LogP) is 4.55. The van der Waals surface area contributed by atoms with Crippen molar-refractivity contribution in [3.63, 3.8) is 0 Å². The second-order valence-corrected chi connectivity index (χ2v) is 10.6. The highest BCUT2D eigenvalue weighted by Crippen LogP contribution is 2.32. The van der Waals surface area contributed by atoms with Crippen LogP contribution in [0.2, 0.25) is 0 Å². The van der Waals surface area contributed by atoms with Crippen LogP contribution >= 0.6 is 0 Å². The smallest absolute Gasteiger partial charge is 0.416 e. The van der Waals surface area contributed by atoms with E-state index < -0.39 is 21.8 Å². The number of carbonyl (C=O) groups excluding carboxylic acids is 1. The summed E-state index contributed by atoms with van der Waals surface area (Å²) in [6, 6.07) is 15.9. The third-order valence-electron chi connectivity index (χ3n) is 6.32. The molecule has 208 valence electrons. The Morgan fingerprint density at radius 1 is 0.974 bits per heavy atom. The van der Waals surface area contributed by atoms with Gasteiger partial charge in [-0.3, -0.25) is 9.52 Å². The summed E-state index contributed by atoms with van der Waals surface area (Å²) in [6.07, 6.45) is -4.42. The average Bonchev–Trinajstić information content (AvgIpc) is 2.92. The van der Waals surface area contributed by atoms with Crippen molar-refractivity contribution in [2.24, 2.45) is 0 Å². The number of halogens is 3. The molecule has 0 saturated carbocycles. The molecule has 0 bridgehead atoms. The minimum absolute atomic E-state index is 0.0419. The second kappa shape index (κ2) is 11.4. The van der Waals surface area contributed by atoms with Crippen LogP contribution in [0.3, 0.4) is 0 Å². The van der Waals surface area contributed by atoms with Crippen LogP contribution in [0, 0.1) is 6.92 Å². The maximum absolute atomic E-state index is 13.0. The number of hydrogen-bond acceptors (Lipinski definition) is 6. The molecule has 8 nitrogen and oxygen atoms in total. The highest BCUT2D eigenvalue weighted by molar-refractivity contribution is 7.92. The minimum atomic E-state index is -4.42. The number of aryl methyl sites for hydroxylation is 1. The summed E-state index contributed by atoms with van der Waals surface area (Å²) in [4.78, 5) is 16.2. The molecule has 3 aromatic carbocycles. The largest absolute Gasteiger partial charge is 0.497 e. The van der Waals surface area contributed by atoms with E-state index in [0.717, 1.165) is 12.1 Å². The van der Waals surface area contributed by atoms with Gasteiger partial charge >= 0.3 is 6.18 Å². The van der Waals surface area contributed by atoms with Crippen LogP contribution in [0.5, 0.6) is 11.5 Å². The quantitative estimate of drug-likeness (QED) is 0.433. The number of benzene rings is 3. The molecular weight excluding hydrogens is 535 g/mol. The van der Waals surface area contributed by atoms with E-state index in [2.05, 4.69) is 4.72 Å². The van der Waals surface area contributed by atoms with E-state index in [1.807, 2.05) is 4.90 Å². The Bertz CT molecular complexity index is 1420. The number of sulfonamides is 1. The number of carbonyl (C=O) groups is 1. The third-order valence-corrected chi connectivity index (χ3v) is 7.70. The van der Waals surface area contributed by atoms with E-state index in [1.165, 1.54) is 31.4 Å². The Balaban J connectivity index is 1.31. The Hall–Kier alpha value is -3.93. The van der Waals surface area contributed by atoms with Gasteiger partial charge in [0.2, 0.25) is 0 Å². The number of nitrogens with one attached hydrogen (secondary N) is 1. The number of anilines is 2. The molecule has 0 unspecified atom stereocenters. The zero-order valence-electron chi connectivity index (χ0n) is 21.4. The van der Waals surface area contributed by atoms with Crippen LogP contribution in [-0.4, -0.2) is 59.1 Å². The van der Waals surface area contributed by atoms with E-state index in [1.54, 1.807) is 42.2 Å². The first-order chi connectivity index (χ1) is 18.5. The second-order valence-electron chi connectivity index (χ2n) is 8.97. The van der Waals surface area contributed by atoms with Crippen molar-refractivity contribution in [1.82, 2.24) is 4.90 Å². The summed E-state index contributed by atoms with van der Waals surface area (Å²) in [6.45, 7) is 2.89. The maximum Gasteiger partial charge on any atom is 0.416 e. The lowest BCUT2D eigenvalue weighted by Crippen LogP contribution is -2.50. The molecule has 1 aliphatic heterocycles. The van der Waals surface area contributed by atoms with E-state index in [0.29, 0.717) is 54.6 Å². The van der Waals surface area contributed by atoms with Gasteiger partial charge in [0.25, 0.3) is 15.9 Å². The van der Waals surface area contributed by atoms with Crippen LogP contribution in [-0.2, 0) is 21.0 Å². The van der Waals surface area contributed by atoms with Gasteiger partial charge < -0.3 is 19.3 Å². The van der Waals surface area contributed by atoms with Gasteiger partial charge in [-0.2, -0.15) is 13.2 Å². The fourth-order valence-electron chi connectivity index (χ4n) is 4.15. The zero-order chi connectivity index (χ0) is 28.2. The summed E-state index contributed by atoms with van der Waals surface area (Å²) in [5.41, 5.74) is 0.667. The zero-order valence-corrected chi connectivity index (χ0v) is 22.2. The summed E-state index contributed by atoms with van der Waals surface area (Å²) < 4.78 is 77.9. The molecule has 1 amide bonds. The van der Waals surface area contributed by atoms with Gasteiger partial charge in [0.1, 0.15) is 11.5 Å². The first-order valence-electron chi connectivity index (χ1n) is 12.1. The van der Waals surface area contributed by atoms with Gasteiger partial charge in [-0.05, 0) is 73.2 Å². The lowest BCUT2D eigenvalue weighted by atomic mass is 10.1. The van der Waals surface area contributed by atoms with Crippen LogP contribution in [0.1, 0.15) is 11.1 Å². The molecule has 3 aromatic rings. The van der Waals surface area contributed by atoms with Gasteiger partial charge in [0.15, 0.2) is 6.61 Å². The number of alkyl halides is 3. The molecule has 0 aromatic heterocycles. The van der Waals surface area contributed by atoms with Gasteiger partial charge in [-0.15, -0.1) is 0 Å². The number of amides is 1. The lowest BCUT2D eigenvalue weighted by molar-refractivity contribution is -0.137. The van der Waals surface area contributed by atoms with Crippen molar-refractivity contribution in [3.8, 4) is 11.5 Å². The van der Waals surface area contributed by atoms with E-state index in [9.17, 15) is 26.4 Å². The molecule has 1 N–H and O–H groups in total. The minimum Gasteiger partial charge on any atom is -0.497 e. The Morgan fingerprint density at radius 2 is 1.67 bits per heavy atom. The first-order valence-corrected chi connectivity index (χ1v) is 13.5. The molecular formula is C27H28F3N3O5S. The number of piperazine rings is 1. The third kappa shape index (κ3) is 6.94. The van der Waals surface area contributed by atoms with Crippen LogP contribution < -0.4 is 19.1 Å². The monoisotopic (exact) mass is 563 g/mol. The first kappa shape index (κ1) is 28.1. The number of rotatable bonds is 8. The summed E-state index contributed by atoms with van der Waals surface area (Å²) in [5, 5.41) is 0. The van der Waals surface area contributed by atoms with Crippen molar-refractivity contribution in [2.75, 3.05) is 49.5 Å². The number of methoxy groups -OCH3 is 1. The molecule has 1 fully saturated rings. The molecule has 12 heteroatoms. The molecule has 1 aliphatic rings. The lowest BCUT2D eigenvalue weighted by Gasteiger charge is -2.36.